The Kier molecular flexibility index (Phi) is 6.55. The van der Waals surface area contributed by atoms with Gasteiger partial charge in [-0.3, -0.25) is 14.8 Å². The molecule has 1 amide bonds. The predicted molar refractivity (Wildman–Crippen MR) is 126 cm³/mol. The number of amides is 1. The van der Waals surface area contributed by atoms with Gasteiger partial charge < -0.3 is 15.0 Å². The third kappa shape index (κ3) is 4.67. The highest BCUT2D eigenvalue weighted by Crippen LogP contribution is 2.35. The summed E-state index contributed by atoms with van der Waals surface area (Å²) in [7, 11) is 0. The summed E-state index contributed by atoms with van der Waals surface area (Å²) >= 11 is 6.46. The van der Waals surface area contributed by atoms with Gasteiger partial charge in [-0.15, -0.1) is 0 Å². The largest absolute Gasteiger partial charge is 0.494 e. The molecule has 3 heterocycles. The molecule has 0 saturated carbocycles. The minimum Gasteiger partial charge on any atom is -0.494 e. The van der Waals surface area contributed by atoms with E-state index in [4.69, 9.17) is 26.3 Å². The summed E-state index contributed by atoms with van der Waals surface area (Å²) in [6.07, 6.45) is 5.07. The number of nitrogens with one attached hydrogen (secondary N) is 1. The molecule has 1 saturated heterocycles. The topological polar surface area (TPSA) is 80.2 Å². The lowest BCUT2D eigenvalue weighted by molar-refractivity contribution is -0.124. The SMILES string of the molecule is CCOc1ccc(-c2ncc(N3CC(NC(=O)C(C)C)C3)nc2-c2ccncc2Cl)cc1. The van der Waals surface area contributed by atoms with Gasteiger partial charge in [0, 0.05) is 42.5 Å². The number of pyridine rings is 1. The number of aromatic nitrogens is 3. The summed E-state index contributed by atoms with van der Waals surface area (Å²) in [5.41, 5.74) is 3.11. The van der Waals surface area contributed by atoms with Crippen LogP contribution >= 0.6 is 11.6 Å². The molecule has 0 atom stereocenters. The molecule has 1 N–H and O–H groups in total. The molecule has 0 unspecified atom stereocenters. The lowest BCUT2D eigenvalue weighted by atomic mass is 10.0. The Labute approximate surface area is 192 Å². The van der Waals surface area contributed by atoms with Crippen LogP contribution in [0.4, 0.5) is 5.82 Å². The van der Waals surface area contributed by atoms with E-state index < -0.39 is 0 Å². The van der Waals surface area contributed by atoms with Crippen molar-refractivity contribution in [1.29, 1.82) is 0 Å². The number of hydrogen-bond acceptors (Lipinski definition) is 6. The van der Waals surface area contributed by atoms with Crippen molar-refractivity contribution < 1.29 is 9.53 Å². The molecule has 4 rings (SSSR count). The second-order valence-electron chi connectivity index (χ2n) is 8.00. The number of benzene rings is 1. The van der Waals surface area contributed by atoms with E-state index in [1.54, 1.807) is 18.6 Å². The van der Waals surface area contributed by atoms with Crippen molar-refractivity contribution in [3.8, 4) is 28.3 Å². The first-order valence-corrected chi connectivity index (χ1v) is 11.1. The average molecular weight is 452 g/mol. The van der Waals surface area contributed by atoms with Gasteiger partial charge in [-0.05, 0) is 37.3 Å². The van der Waals surface area contributed by atoms with Crippen LogP contribution < -0.4 is 15.0 Å². The van der Waals surface area contributed by atoms with Crippen molar-refractivity contribution in [1.82, 2.24) is 20.3 Å². The van der Waals surface area contributed by atoms with Gasteiger partial charge >= 0.3 is 0 Å². The first-order chi connectivity index (χ1) is 15.5. The van der Waals surface area contributed by atoms with Gasteiger partial charge in [-0.2, -0.15) is 0 Å². The molecule has 8 heteroatoms. The Bertz CT molecular complexity index is 1100. The number of anilines is 1. The van der Waals surface area contributed by atoms with Crippen LogP contribution in [0.3, 0.4) is 0 Å². The Morgan fingerprint density at radius 3 is 2.59 bits per heavy atom. The molecule has 7 nitrogen and oxygen atoms in total. The lowest BCUT2D eigenvalue weighted by Crippen LogP contribution is -2.60. The number of hydrogen-bond donors (Lipinski definition) is 1. The Morgan fingerprint density at radius 1 is 1.19 bits per heavy atom. The molecule has 166 valence electrons. The molecule has 0 spiro atoms. The van der Waals surface area contributed by atoms with Crippen LogP contribution in [0.15, 0.2) is 48.9 Å². The number of nitrogens with zero attached hydrogens (tertiary/aromatic N) is 4. The van der Waals surface area contributed by atoms with E-state index in [9.17, 15) is 4.79 Å². The Balaban J connectivity index is 1.64. The van der Waals surface area contributed by atoms with Crippen molar-refractivity contribution in [2.75, 3.05) is 24.6 Å². The van der Waals surface area contributed by atoms with Crippen molar-refractivity contribution in [2.45, 2.75) is 26.8 Å². The third-order valence-corrected chi connectivity index (χ3v) is 5.60. The number of carbonyl (C=O) groups excluding carboxylic acids is 1. The van der Waals surface area contributed by atoms with Crippen LogP contribution in [0.5, 0.6) is 5.75 Å². The highest BCUT2D eigenvalue weighted by Gasteiger charge is 2.30. The normalized spacial score (nSPS) is 13.7. The van der Waals surface area contributed by atoms with Gasteiger partial charge in [0.15, 0.2) is 0 Å². The minimum atomic E-state index is -0.0299. The van der Waals surface area contributed by atoms with Gasteiger partial charge in [0.2, 0.25) is 5.91 Å². The quantitative estimate of drug-likeness (QED) is 0.579. The molecule has 0 bridgehead atoms. The highest BCUT2D eigenvalue weighted by molar-refractivity contribution is 6.33. The molecule has 2 aromatic heterocycles. The number of rotatable bonds is 7. The summed E-state index contributed by atoms with van der Waals surface area (Å²) in [4.78, 5) is 27.8. The van der Waals surface area contributed by atoms with Crippen LogP contribution in [0.2, 0.25) is 5.02 Å². The second-order valence-corrected chi connectivity index (χ2v) is 8.41. The molecule has 32 heavy (non-hydrogen) atoms. The molecular formula is C24H26ClN5O2. The maximum absolute atomic E-state index is 11.9. The fourth-order valence-corrected chi connectivity index (χ4v) is 3.71. The van der Waals surface area contributed by atoms with E-state index in [2.05, 4.69) is 15.2 Å². The summed E-state index contributed by atoms with van der Waals surface area (Å²) in [5, 5.41) is 3.56. The van der Waals surface area contributed by atoms with Gasteiger partial charge in [0.25, 0.3) is 0 Å². The zero-order valence-electron chi connectivity index (χ0n) is 18.4. The molecule has 1 aliphatic rings. The van der Waals surface area contributed by atoms with Crippen LogP contribution in [0.25, 0.3) is 22.5 Å². The molecule has 0 aliphatic carbocycles. The lowest BCUT2D eigenvalue weighted by Gasteiger charge is -2.40. The first-order valence-electron chi connectivity index (χ1n) is 10.7. The Morgan fingerprint density at radius 2 is 1.94 bits per heavy atom. The van der Waals surface area contributed by atoms with E-state index in [1.165, 1.54) is 0 Å². The van der Waals surface area contributed by atoms with Gasteiger partial charge in [0.1, 0.15) is 17.3 Å². The minimum absolute atomic E-state index is 0.0299. The molecule has 0 radical (unpaired) electrons. The fraction of sp³-hybridized carbons (Fsp3) is 0.333. The summed E-state index contributed by atoms with van der Waals surface area (Å²) in [6, 6.07) is 9.73. The zero-order valence-corrected chi connectivity index (χ0v) is 19.1. The molecule has 1 fully saturated rings. The summed E-state index contributed by atoms with van der Waals surface area (Å²) in [5.74, 6) is 1.59. The van der Waals surface area contributed by atoms with Crippen LogP contribution in [-0.2, 0) is 4.79 Å². The maximum atomic E-state index is 11.9. The smallest absolute Gasteiger partial charge is 0.222 e. The molecule has 1 aliphatic heterocycles. The monoisotopic (exact) mass is 451 g/mol. The standard InChI is InChI=1S/C24H26ClN5O2/c1-4-32-18-7-5-16(6-8-18)22-23(19-9-10-26-11-20(19)25)29-21(12-27-22)30-13-17(14-30)28-24(31)15(2)3/h5-12,15,17H,4,13-14H2,1-3H3,(H,28,31). The van der Waals surface area contributed by atoms with E-state index in [1.807, 2.05) is 51.1 Å². The van der Waals surface area contributed by atoms with E-state index in [-0.39, 0.29) is 17.9 Å². The number of carbonyl (C=O) groups is 1. The average Bonchev–Trinajstić information content (AvgIpc) is 2.76. The van der Waals surface area contributed by atoms with Crippen LogP contribution in [0.1, 0.15) is 20.8 Å². The van der Waals surface area contributed by atoms with Gasteiger partial charge in [-0.1, -0.05) is 25.4 Å². The molecular weight excluding hydrogens is 426 g/mol. The zero-order chi connectivity index (χ0) is 22.7. The maximum Gasteiger partial charge on any atom is 0.222 e. The van der Waals surface area contributed by atoms with Crippen molar-refractivity contribution in [3.05, 3.63) is 53.9 Å². The number of ether oxygens (including phenoxy) is 1. The summed E-state index contributed by atoms with van der Waals surface area (Å²) in [6.45, 7) is 7.73. The van der Waals surface area contributed by atoms with Crippen molar-refractivity contribution in [3.63, 3.8) is 0 Å². The van der Waals surface area contributed by atoms with Crippen molar-refractivity contribution in [2.24, 2.45) is 5.92 Å². The van der Waals surface area contributed by atoms with Crippen LogP contribution in [0, 0.1) is 5.92 Å². The second kappa shape index (κ2) is 9.53. The first kappa shape index (κ1) is 22.0. The molecule has 1 aromatic carbocycles. The van der Waals surface area contributed by atoms with E-state index in [0.717, 1.165) is 28.4 Å². The third-order valence-electron chi connectivity index (χ3n) is 5.30. The fourth-order valence-electron chi connectivity index (χ4n) is 3.50. The van der Waals surface area contributed by atoms with Crippen molar-refractivity contribution >= 4 is 23.3 Å². The van der Waals surface area contributed by atoms with E-state index in [0.29, 0.717) is 30.4 Å². The van der Waals surface area contributed by atoms with Gasteiger partial charge in [-0.25, -0.2) is 4.98 Å². The highest BCUT2D eigenvalue weighted by atomic mass is 35.5. The molecule has 3 aromatic rings. The predicted octanol–water partition coefficient (Wildman–Crippen LogP) is 4.22. The number of halogens is 1. The van der Waals surface area contributed by atoms with Gasteiger partial charge in [0.05, 0.1) is 29.6 Å². The van der Waals surface area contributed by atoms with Crippen LogP contribution in [-0.4, -0.2) is 46.6 Å². The Hall–Kier alpha value is -3.19. The van der Waals surface area contributed by atoms with E-state index >= 15 is 0 Å². The summed E-state index contributed by atoms with van der Waals surface area (Å²) < 4.78 is 5.55.